The van der Waals surface area contributed by atoms with Gasteiger partial charge in [0.1, 0.15) is 0 Å². The first-order valence-corrected chi connectivity index (χ1v) is 6.79. The highest BCUT2D eigenvalue weighted by atomic mass is 16.5. The van der Waals surface area contributed by atoms with Crippen LogP contribution < -0.4 is 15.8 Å². The Morgan fingerprint density at radius 1 is 1.55 bits per heavy atom. The first-order valence-electron chi connectivity index (χ1n) is 6.79. The Labute approximate surface area is 120 Å². The van der Waals surface area contributed by atoms with E-state index in [2.05, 4.69) is 22.2 Å². The second-order valence-electron chi connectivity index (χ2n) is 4.52. The summed E-state index contributed by atoms with van der Waals surface area (Å²) in [6.07, 6.45) is 2.65. The van der Waals surface area contributed by atoms with Gasteiger partial charge in [0.2, 0.25) is 5.88 Å². The van der Waals surface area contributed by atoms with Crippen molar-refractivity contribution in [1.82, 2.24) is 10.3 Å². The van der Waals surface area contributed by atoms with Gasteiger partial charge in [-0.05, 0) is 19.4 Å². The Kier molecular flexibility index (Phi) is 7.42. The maximum absolute atomic E-state index is 5.83. The van der Waals surface area contributed by atoms with E-state index < -0.39 is 0 Å². The molecule has 1 rings (SSSR count). The van der Waals surface area contributed by atoms with E-state index in [0.29, 0.717) is 31.6 Å². The summed E-state index contributed by atoms with van der Waals surface area (Å²) >= 11 is 0. The first kappa shape index (κ1) is 16.2. The number of hydrogen-bond acceptors (Lipinski definition) is 4. The average Bonchev–Trinajstić information content (AvgIpc) is 2.44. The first-order chi connectivity index (χ1) is 9.67. The van der Waals surface area contributed by atoms with Crippen LogP contribution in [0.15, 0.2) is 23.3 Å². The van der Waals surface area contributed by atoms with Gasteiger partial charge < -0.3 is 20.5 Å². The van der Waals surface area contributed by atoms with Crippen molar-refractivity contribution in [2.75, 3.05) is 20.3 Å². The summed E-state index contributed by atoms with van der Waals surface area (Å²) in [4.78, 5) is 8.50. The minimum absolute atomic E-state index is 0.119. The van der Waals surface area contributed by atoms with Crippen molar-refractivity contribution in [3.8, 4) is 5.88 Å². The van der Waals surface area contributed by atoms with Gasteiger partial charge in [0.15, 0.2) is 5.96 Å². The van der Waals surface area contributed by atoms with Gasteiger partial charge in [-0.1, -0.05) is 13.0 Å². The van der Waals surface area contributed by atoms with Crippen LogP contribution in [0.1, 0.15) is 25.8 Å². The molecule has 0 radical (unpaired) electrons. The molecule has 1 heterocycles. The highest BCUT2D eigenvalue weighted by Gasteiger charge is 2.05. The normalized spacial score (nSPS) is 13.1. The lowest BCUT2D eigenvalue weighted by atomic mass is 10.3. The number of pyridine rings is 1. The fraction of sp³-hybridized carbons (Fsp3) is 0.571. The predicted octanol–water partition coefficient (Wildman–Crippen LogP) is 1.31. The molecule has 0 fully saturated rings. The number of nitrogens with zero attached hydrogens (tertiary/aromatic N) is 2. The van der Waals surface area contributed by atoms with E-state index in [-0.39, 0.29) is 6.04 Å². The van der Waals surface area contributed by atoms with Gasteiger partial charge >= 0.3 is 0 Å². The molecular formula is C14H24N4O2. The third kappa shape index (κ3) is 5.88. The molecule has 1 aromatic heterocycles. The van der Waals surface area contributed by atoms with Gasteiger partial charge in [-0.2, -0.15) is 0 Å². The molecule has 0 spiro atoms. The van der Waals surface area contributed by atoms with Gasteiger partial charge in [0.05, 0.1) is 19.8 Å². The molecular weight excluding hydrogens is 256 g/mol. The molecule has 0 saturated heterocycles. The lowest BCUT2D eigenvalue weighted by molar-refractivity contribution is 0.179. The monoisotopic (exact) mass is 280 g/mol. The maximum Gasteiger partial charge on any atom is 0.218 e. The zero-order valence-corrected chi connectivity index (χ0v) is 12.4. The van der Waals surface area contributed by atoms with Gasteiger partial charge in [0.25, 0.3) is 0 Å². The summed E-state index contributed by atoms with van der Waals surface area (Å²) in [5.74, 6) is 1.01. The van der Waals surface area contributed by atoms with E-state index >= 15 is 0 Å². The number of aromatic nitrogens is 1. The highest BCUT2D eigenvalue weighted by molar-refractivity contribution is 5.78. The predicted molar refractivity (Wildman–Crippen MR) is 79.8 cm³/mol. The van der Waals surface area contributed by atoms with Crippen molar-refractivity contribution in [1.29, 1.82) is 0 Å². The molecule has 0 amide bonds. The van der Waals surface area contributed by atoms with E-state index in [1.54, 1.807) is 13.3 Å². The van der Waals surface area contributed by atoms with Crippen molar-refractivity contribution in [2.45, 2.75) is 32.9 Å². The summed E-state index contributed by atoms with van der Waals surface area (Å²) in [6, 6.07) is 3.92. The summed E-state index contributed by atoms with van der Waals surface area (Å²) in [5, 5.41) is 3.06. The molecule has 0 saturated carbocycles. The molecule has 0 aliphatic carbocycles. The Morgan fingerprint density at radius 3 is 3.05 bits per heavy atom. The zero-order valence-electron chi connectivity index (χ0n) is 12.4. The summed E-state index contributed by atoms with van der Waals surface area (Å²) < 4.78 is 10.6. The number of aliphatic imine (C=N–C) groups is 1. The number of nitrogens with two attached hydrogens (primary N) is 1. The van der Waals surface area contributed by atoms with Gasteiger partial charge in [-0.3, -0.25) is 0 Å². The topological polar surface area (TPSA) is 81.8 Å². The van der Waals surface area contributed by atoms with Gasteiger partial charge in [-0.25, -0.2) is 9.98 Å². The zero-order chi connectivity index (χ0) is 14.8. The lowest BCUT2D eigenvalue weighted by Crippen LogP contribution is -2.40. The third-order valence-electron chi connectivity index (χ3n) is 2.52. The van der Waals surface area contributed by atoms with E-state index in [1.165, 1.54) is 0 Å². The molecule has 0 aliphatic rings. The molecule has 6 heteroatoms. The molecule has 0 aliphatic heterocycles. The van der Waals surface area contributed by atoms with Crippen LogP contribution in [0, 0.1) is 0 Å². The van der Waals surface area contributed by atoms with Crippen LogP contribution in [0.25, 0.3) is 0 Å². The second kappa shape index (κ2) is 9.14. The number of hydrogen-bond donors (Lipinski definition) is 2. The fourth-order valence-corrected chi connectivity index (χ4v) is 1.63. The molecule has 1 atom stereocenters. The van der Waals surface area contributed by atoms with Crippen molar-refractivity contribution in [3.05, 3.63) is 23.9 Å². The van der Waals surface area contributed by atoms with E-state index in [4.69, 9.17) is 15.2 Å². The SMILES string of the molecule is CCCOc1ncccc1CN=C(N)N[C@H](C)COC. The second-order valence-corrected chi connectivity index (χ2v) is 4.52. The van der Waals surface area contributed by atoms with Crippen molar-refractivity contribution in [3.63, 3.8) is 0 Å². The number of rotatable bonds is 8. The van der Waals surface area contributed by atoms with E-state index in [0.717, 1.165) is 12.0 Å². The van der Waals surface area contributed by atoms with Crippen LogP contribution >= 0.6 is 0 Å². The summed E-state index contributed by atoms with van der Waals surface area (Å²) in [6.45, 7) is 5.69. The standard InChI is InChI=1S/C14H24N4O2/c1-4-8-20-13-12(6-5-7-16-13)9-17-14(15)18-11(2)10-19-3/h5-7,11H,4,8-10H2,1-3H3,(H3,15,17,18)/t11-/m1/s1. The third-order valence-corrected chi connectivity index (χ3v) is 2.52. The van der Waals surface area contributed by atoms with Crippen LogP contribution in [0.3, 0.4) is 0 Å². The van der Waals surface area contributed by atoms with E-state index in [9.17, 15) is 0 Å². The van der Waals surface area contributed by atoms with Crippen LogP contribution in [0.4, 0.5) is 0 Å². The largest absolute Gasteiger partial charge is 0.477 e. The number of ether oxygens (including phenoxy) is 2. The van der Waals surface area contributed by atoms with Crippen molar-refractivity contribution < 1.29 is 9.47 Å². The van der Waals surface area contributed by atoms with Crippen molar-refractivity contribution >= 4 is 5.96 Å². The molecule has 3 N–H and O–H groups in total. The van der Waals surface area contributed by atoms with Crippen molar-refractivity contribution in [2.24, 2.45) is 10.7 Å². The van der Waals surface area contributed by atoms with E-state index in [1.807, 2.05) is 19.1 Å². The Bertz CT molecular complexity index is 423. The van der Waals surface area contributed by atoms with Crippen LogP contribution in [-0.4, -0.2) is 37.3 Å². The summed E-state index contributed by atoms with van der Waals surface area (Å²) in [5.41, 5.74) is 6.75. The van der Waals surface area contributed by atoms with Gasteiger partial charge in [0, 0.05) is 24.9 Å². The maximum atomic E-state index is 5.83. The molecule has 112 valence electrons. The quantitative estimate of drug-likeness (QED) is 0.554. The highest BCUT2D eigenvalue weighted by Crippen LogP contribution is 2.15. The molecule has 1 aromatic rings. The molecule has 0 bridgehead atoms. The number of guanidine groups is 1. The molecule has 20 heavy (non-hydrogen) atoms. The molecule has 0 unspecified atom stereocenters. The van der Waals surface area contributed by atoms with Gasteiger partial charge in [-0.15, -0.1) is 0 Å². The smallest absolute Gasteiger partial charge is 0.218 e. The van der Waals surface area contributed by atoms with Crippen LogP contribution in [-0.2, 0) is 11.3 Å². The minimum atomic E-state index is 0.119. The number of nitrogens with one attached hydrogen (secondary N) is 1. The van der Waals surface area contributed by atoms with Crippen LogP contribution in [0.5, 0.6) is 5.88 Å². The minimum Gasteiger partial charge on any atom is -0.477 e. The fourth-order valence-electron chi connectivity index (χ4n) is 1.63. The Hall–Kier alpha value is -1.82. The average molecular weight is 280 g/mol. The number of methoxy groups -OCH3 is 1. The molecule has 0 aromatic carbocycles. The van der Waals surface area contributed by atoms with Crippen LogP contribution in [0.2, 0.25) is 0 Å². The Balaban J connectivity index is 2.59. The molecule has 6 nitrogen and oxygen atoms in total. The Morgan fingerprint density at radius 2 is 2.35 bits per heavy atom. The summed E-state index contributed by atoms with van der Waals surface area (Å²) in [7, 11) is 1.65. The lowest BCUT2D eigenvalue weighted by Gasteiger charge is -2.13.